The van der Waals surface area contributed by atoms with Gasteiger partial charge in [-0.1, -0.05) is 6.92 Å². The molecule has 0 spiro atoms. The van der Waals surface area contributed by atoms with Gasteiger partial charge in [0.25, 0.3) is 0 Å². The van der Waals surface area contributed by atoms with Crippen molar-refractivity contribution in [1.29, 1.82) is 0 Å². The second-order valence-corrected chi connectivity index (χ2v) is 3.40. The largest absolute Gasteiger partial charge is 0.481 e. The summed E-state index contributed by atoms with van der Waals surface area (Å²) in [7, 11) is 3.71. The molecular formula is C9H20N2O5. The van der Waals surface area contributed by atoms with E-state index in [0.717, 1.165) is 6.42 Å². The van der Waals surface area contributed by atoms with Crippen LogP contribution in [0.5, 0.6) is 0 Å². The Morgan fingerprint density at radius 2 is 1.75 bits per heavy atom. The Kier molecular flexibility index (Phi) is 9.77. The molecule has 0 aromatic rings. The Hall–Kier alpha value is -1.18. The fraction of sp³-hybridized carbons (Fsp3) is 0.778. The molecule has 0 heterocycles. The van der Waals surface area contributed by atoms with Crippen LogP contribution in [0.2, 0.25) is 0 Å². The lowest BCUT2D eigenvalue weighted by Crippen LogP contribution is -2.32. The van der Waals surface area contributed by atoms with Gasteiger partial charge in [-0.15, -0.1) is 0 Å². The third-order valence-electron chi connectivity index (χ3n) is 1.67. The van der Waals surface area contributed by atoms with E-state index in [4.69, 9.17) is 21.1 Å². The van der Waals surface area contributed by atoms with Gasteiger partial charge in [0, 0.05) is 0 Å². The maximum atomic E-state index is 9.85. The summed E-state index contributed by atoms with van der Waals surface area (Å²) < 4.78 is 0. The summed E-state index contributed by atoms with van der Waals surface area (Å²) >= 11 is 0. The lowest BCUT2D eigenvalue weighted by Gasteiger charge is -2.15. The van der Waals surface area contributed by atoms with Crippen molar-refractivity contribution in [3.63, 3.8) is 0 Å². The molecule has 0 aromatic heterocycles. The van der Waals surface area contributed by atoms with Crippen molar-refractivity contribution < 1.29 is 24.9 Å². The summed E-state index contributed by atoms with van der Waals surface area (Å²) in [6.07, 6.45) is 0.00231. The molecule has 96 valence electrons. The number of aliphatic carboxylic acids is 2. The number of carboxylic acids is 2. The van der Waals surface area contributed by atoms with Gasteiger partial charge >= 0.3 is 11.9 Å². The van der Waals surface area contributed by atoms with Crippen LogP contribution in [0, 0.1) is 0 Å². The van der Waals surface area contributed by atoms with Crippen LogP contribution < -0.4 is 5.73 Å². The minimum atomic E-state index is -1.29. The predicted molar refractivity (Wildman–Crippen MR) is 57.8 cm³/mol. The minimum absolute atomic E-state index is 0.264. The lowest BCUT2D eigenvalue weighted by molar-refractivity contribution is -0.144. The number of hydrogen-bond acceptors (Lipinski definition) is 5. The van der Waals surface area contributed by atoms with Gasteiger partial charge in [0.15, 0.2) is 0 Å². The number of nitrogens with zero attached hydrogens (tertiary/aromatic N) is 1. The van der Waals surface area contributed by atoms with Crippen LogP contribution >= 0.6 is 0 Å². The molecule has 0 amide bonds. The van der Waals surface area contributed by atoms with E-state index in [1.807, 2.05) is 21.0 Å². The number of aliphatic hydroxyl groups is 1. The lowest BCUT2D eigenvalue weighted by atomic mass is 10.2. The van der Waals surface area contributed by atoms with Crippen molar-refractivity contribution >= 4 is 11.9 Å². The standard InChI is InChI=1S/C5H13NO.C4H7NO4/c1-4-5(7)6(2)3;5-2(4(8)9)1-3(6)7/h5,7H,4H2,1-3H3;2H,1,5H2,(H,6,7)(H,8,9). The second-order valence-electron chi connectivity index (χ2n) is 3.40. The first kappa shape index (κ1) is 17.2. The molecule has 2 atom stereocenters. The monoisotopic (exact) mass is 236 g/mol. The summed E-state index contributed by atoms with van der Waals surface area (Å²) in [6.45, 7) is 1.95. The molecule has 0 aliphatic carbocycles. The normalized spacial score (nSPS) is 13.6. The molecule has 7 heteroatoms. The van der Waals surface area contributed by atoms with E-state index in [-0.39, 0.29) is 6.23 Å². The molecule has 0 bridgehead atoms. The van der Waals surface area contributed by atoms with E-state index >= 15 is 0 Å². The first-order valence-electron chi connectivity index (χ1n) is 4.77. The highest BCUT2D eigenvalue weighted by molar-refractivity contribution is 5.80. The summed E-state index contributed by atoms with van der Waals surface area (Å²) in [5.74, 6) is -2.50. The average molecular weight is 236 g/mol. The molecule has 0 fully saturated rings. The first-order chi connectivity index (χ1) is 7.22. The van der Waals surface area contributed by atoms with Crippen LogP contribution in [0.3, 0.4) is 0 Å². The average Bonchev–Trinajstić information content (AvgIpc) is 2.16. The minimum Gasteiger partial charge on any atom is -0.481 e. The third kappa shape index (κ3) is 10.9. The summed E-state index contributed by atoms with van der Waals surface area (Å²) in [4.78, 5) is 21.4. The van der Waals surface area contributed by atoms with Gasteiger partial charge in [0.05, 0.1) is 6.42 Å². The highest BCUT2D eigenvalue weighted by Crippen LogP contribution is 1.90. The zero-order chi connectivity index (χ0) is 13.3. The zero-order valence-electron chi connectivity index (χ0n) is 9.75. The molecule has 0 radical (unpaired) electrons. The van der Waals surface area contributed by atoms with Crippen LogP contribution in [-0.4, -0.2) is 58.5 Å². The van der Waals surface area contributed by atoms with Gasteiger partial charge in [-0.3, -0.25) is 14.5 Å². The van der Waals surface area contributed by atoms with Crippen LogP contribution in [0.1, 0.15) is 19.8 Å². The Morgan fingerprint density at radius 3 is 1.81 bits per heavy atom. The van der Waals surface area contributed by atoms with E-state index in [1.165, 1.54) is 0 Å². The molecule has 0 rings (SSSR count). The van der Waals surface area contributed by atoms with Crippen LogP contribution in [0.25, 0.3) is 0 Å². The fourth-order valence-electron chi connectivity index (χ4n) is 0.641. The predicted octanol–water partition coefficient (Wildman–Crippen LogP) is -0.851. The van der Waals surface area contributed by atoms with Gasteiger partial charge in [-0.05, 0) is 20.5 Å². The molecule has 7 nitrogen and oxygen atoms in total. The number of hydrogen-bond donors (Lipinski definition) is 4. The van der Waals surface area contributed by atoms with Crippen molar-refractivity contribution in [2.45, 2.75) is 32.0 Å². The molecular weight excluding hydrogens is 216 g/mol. The van der Waals surface area contributed by atoms with Crippen molar-refractivity contribution in [2.24, 2.45) is 5.73 Å². The molecule has 0 saturated carbocycles. The molecule has 16 heavy (non-hydrogen) atoms. The van der Waals surface area contributed by atoms with Gasteiger partial charge in [0.1, 0.15) is 12.3 Å². The van der Waals surface area contributed by atoms with E-state index < -0.39 is 24.4 Å². The zero-order valence-corrected chi connectivity index (χ0v) is 9.75. The topological polar surface area (TPSA) is 124 Å². The summed E-state index contributed by atoms with van der Waals surface area (Å²) in [5.41, 5.74) is 4.84. The van der Waals surface area contributed by atoms with Gasteiger partial charge in [-0.2, -0.15) is 0 Å². The highest BCUT2D eigenvalue weighted by atomic mass is 16.4. The van der Waals surface area contributed by atoms with Crippen molar-refractivity contribution in [3.8, 4) is 0 Å². The highest BCUT2D eigenvalue weighted by Gasteiger charge is 2.14. The second kappa shape index (κ2) is 9.08. The first-order valence-corrected chi connectivity index (χ1v) is 4.77. The number of carboxylic acid groups (broad SMARTS) is 2. The Morgan fingerprint density at radius 1 is 1.31 bits per heavy atom. The smallest absolute Gasteiger partial charge is 0.321 e. The van der Waals surface area contributed by atoms with Gasteiger partial charge in [0.2, 0.25) is 0 Å². The van der Waals surface area contributed by atoms with Crippen LogP contribution in [-0.2, 0) is 9.59 Å². The van der Waals surface area contributed by atoms with E-state index in [2.05, 4.69) is 0 Å². The Balaban J connectivity index is 0. The Bertz CT molecular complexity index is 220. The molecule has 0 aliphatic heterocycles. The number of nitrogens with two attached hydrogens (primary N) is 1. The van der Waals surface area contributed by atoms with Gasteiger partial charge < -0.3 is 21.1 Å². The number of aliphatic hydroxyl groups excluding tert-OH is 1. The van der Waals surface area contributed by atoms with Crippen molar-refractivity contribution in [1.82, 2.24) is 4.90 Å². The quantitative estimate of drug-likeness (QED) is 0.458. The molecule has 0 saturated heterocycles. The summed E-state index contributed by atoms with van der Waals surface area (Å²) in [5, 5.41) is 24.9. The molecule has 0 aromatic carbocycles. The van der Waals surface area contributed by atoms with Crippen molar-refractivity contribution in [3.05, 3.63) is 0 Å². The third-order valence-corrected chi connectivity index (χ3v) is 1.67. The van der Waals surface area contributed by atoms with E-state index in [0.29, 0.717) is 0 Å². The fourth-order valence-corrected chi connectivity index (χ4v) is 0.641. The maximum absolute atomic E-state index is 9.85. The number of rotatable bonds is 5. The van der Waals surface area contributed by atoms with E-state index in [1.54, 1.807) is 4.90 Å². The summed E-state index contributed by atoms with van der Waals surface area (Å²) in [6, 6.07) is -1.29. The molecule has 0 aliphatic rings. The Labute approximate surface area is 94.5 Å². The van der Waals surface area contributed by atoms with Gasteiger partial charge in [-0.25, -0.2) is 0 Å². The van der Waals surface area contributed by atoms with Crippen LogP contribution in [0.15, 0.2) is 0 Å². The van der Waals surface area contributed by atoms with Crippen LogP contribution in [0.4, 0.5) is 0 Å². The SMILES string of the molecule is CCC(O)N(C)C.NC(CC(=O)O)C(=O)O. The maximum Gasteiger partial charge on any atom is 0.321 e. The molecule has 5 N–H and O–H groups in total. The number of carbonyl (C=O) groups is 2. The van der Waals surface area contributed by atoms with E-state index in [9.17, 15) is 9.59 Å². The van der Waals surface area contributed by atoms with Crippen molar-refractivity contribution in [2.75, 3.05) is 14.1 Å². The molecule has 2 unspecified atom stereocenters.